The highest BCUT2D eigenvalue weighted by atomic mass is 16.6. The van der Waals surface area contributed by atoms with Gasteiger partial charge in [0.15, 0.2) is 0 Å². The minimum Gasteiger partial charge on any atom is -0.444 e. The summed E-state index contributed by atoms with van der Waals surface area (Å²) in [5, 5.41) is 8.74. The van der Waals surface area contributed by atoms with Crippen LogP contribution in [0, 0.1) is 12.8 Å². The molecule has 2 aromatic carbocycles. The number of carbonyl (C=O) groups is 3. The third-order valence-corrected chi connectivity index (χ3v) is 8.56. The zero-order valence-corrected chi connectivity index (χ0v) is 28.0. The maximum Gasteiger partial charge on any atom is 0.412 e. The molecule has 0 radical (unpaired) electrons. The Labute approximate surface area is 276 Å². The molecule has 2 aliphatic rings. The standard InChI is InChI=1S/C36H46N6O5/c1-23-20-29(40-34(39-23)42-30-9-7-6-8-27(30)21-31(42)33(44)37-18-19-46-5)22-38-32(43)26-12-10-24(11-13-26)25-14-16-28(17-15-25)41-35(45)47-36(2,3)4/h10-17,20,27,30-31H,6-9,18-19,21-22H2,1-5H3,(H,37,44)(H,38,43)(H,41,45)/t27-,30-,31-/m0/s1. The molecule has 0 bridgehead atoms. The summed E-state index contributed by atoms with van der Waals surface area (Å²) in [6.07, 6.45) is 4.70. The van der Waals surface area contributed by atoms with Crippen LogP contribution in [0.25, 0.3) is 11.1 Å². The Bertz CT molecular complexity index is 1550. The lowest BCUT2D eigenvalue weighted by molar-refractivity contribution is -0.122. The quantitative estimate of drug-likeness (QED) is 0.242. The molecule has 250 valence electrons. The van der Waals surface area contributed by atoms with E-state index in [4.69, 9.17) is 19.4 Å². The number of hydrogen-bond acceptors (Lipinski definition) is 8. The first-order valence-corrected chi connectivity index (χ1v) is 16.4. The largest absolute Gasteiger partial charge is 0.444 e. The summed E-state index contributed by atoms with van der Waals surface area (Å²) in [7, 11) is 1.62. The number of aromatic nitrogens is 2. The van der Waals surface area contributed by atoms with Crippen LogP contribution in [0.4, 0.5) is 16.4 Å². The number of rotatable bonds is 10. The summed E-state index contributed by atoms with van der Waals surface area (Å²) in [5.41, 5.74) is 3.95. The van der Waals surface area contributed by atoms with Gasteiger partial charge in [-0.3, -0.25) is 14.9 Å². The number of fused-ring (bicyclic) bond motifs is 1. The number of anilines is 2. The molecule has 1 aliphatic carbocycles. The number of ether oxygens (including phenoxy) is 2. The van der Waals surface area contributed by atoms with Crippen molar-refractivity contribution in [3.8, 4) is 11.1 Å². The first kappa shape index (κ1) is 33.8. The van der Waals surface area contributed by atoms with E-state index in [1.807, 2.05) is 70.2 Å². The van der Waals surface area contributed by atoms with Gasteiger partial charge < -0.3 is 25.0 Å². The van der Waals surface area contributed by atoms with Crippen LogP contribution in [0.1, 0.15) is 74.6 Å². The van der Waals surface area contributed by atoms with Crippen LogP contribution in [-0.2, 0) is 20.8 Å². The summed E-state index contributed by atoms with van der Waals surface area (Å²) in [4.78, 5) is 50.2. The second kappa shape index (κ2) is 14.9. The molecule has 5 rings (SSSR count). The van der Waals surface area contributed by atoms with Gasteiger partial charge in [0.25, 0.3) is 5.91 Å². The molecule has 0 unspecified atom stereocenters. The lowest BCUT2D eigenvalue weighted by atomic mass is 9.85. The van der Waals surface area contributed by atoms with Crippen molar-refractivity contribution in [3.05, 3.63) is 71.5 Å². The van der Waals surface area contributed by atoms with Gasteiger partial charge in [-0.25, -0.2) is 14.8 Å². The summed E-state index contributed by atoms with van der Waals surface area (Å²) in [6, 6.07) is 16.5. The molecule has 2 fully saturated rings. The molecule has 11 heteroatoms. The van der Waals surface area contributed by atoms with Crippen LogP contribution in [0.3, 0.4) is 0 Å². The van der Waals surface area contributed by atoms with Crippen LogP contribution in [0.5, 0.6) is 0 Å². The number of benzene rings is 2. The molecule has 3 N–H and O–H groups in total. The Morgan fingerprint density at radius 3 is 2.30 bits per heavy atom. The second-order valence-electron chi connectivity index (χ2n) is 13.3. The van der Waals surface area contributed by atoms with Crippen molar-refractivity contribution < 1.29 is 23.9 Å². The van der Waals surface area contributed by atoms with E-state index < -0.39 is 11.7 Å². The van der Waals surface area contributed by atoms with E-state index in [9.17, 15) is 14.4 Å². The summed E-state index contributed by atoms with van der Waals surface area (Å²) in [6.45, 7) is 8.51. The van der Waals surface area contributed by atoms with Gasteiger partial charge in [-0.2, -0.15) is 0 Å². The van der Waals surface area contributed by atoms with Crippen molar-refractivity contribution >= 4 is 29.5 Å². The molecular formula is C36H46N6O5. The first-order chi connectivity index (χ1) is 22.5. The van der Waals surface area contributed by atoms with E-state index in [0.717, 1.165) is 42.5 Å². The van der Waals surface area contributed by atoms with Crippen molar-refractivity contribution in [3.63, 3.8) is 0 Å². The van der Waals surface area contributed by atoms with Gasteiger partial charge in [0.1, 0.15) is 11.6 Å². The maximum absolute atomic E-state index is 13.3. The molecule has 1 saturated heterocycles. The topological polar surface area (TPSA) is 135 Å². The summed E-state index contributed by atoms with van der Waals surface area (Å²) in [5.74, 6) is 0.750. The van der Waals surface area contributed by atoms with Crippen LogP contribution >= 0.6 is 0 Å². The molecule has 1 saturated carbocycles. The summed E-state index contributed by atoms with van der Waals surface area (Å²) < 4.78 is 10.4. The highest BCUT2D eigenvalue weighted by Gasteiger charge is 2.46. The Kier molecular flexibility index (Phi) is 10.8. The SMILES string of the molecule is COCCNC(=O)[C@@H]1C[C@@H]2CCCC[C@@H]2N1c1nc(C)cc(CNC(=O)c2ccc(-c3ccc(NC(=O)OC(C)(C)C)cc3)cc2)n1. The second-order valence-corrected chi connectivity index (χ2v) is 13.3. The van der Waals surface area contributed by atoms with E-state index in [-0.39, 0.29) is 30.4 Å². The van der Waals surface area contributed by atoms with E-state index >= 15 is 0 Å². The number of carbonyl (C=O) groups excluding carboxylic acids is 3. The lowest BCUT2D eigenvalue weighted by Gasteiger charge is -2.34. The van der Waals surface area contributed by atoms with Crippen LogP contribution < -0.4 is 20.9 Å². The molecule has 47 heavy (non-hydrogen) atoms. The van der Waals surface area contributed by atoms with Gasteiger partial charge in [-0.15, -0.1) is 0 Å². The first-order valence-electron chi connectivity index (χ1n) is 16.4. The van der Waals surface area contributed by atoms with Crippen LogP contribution in [0.2, 0.25) is 0 Å². The van der Waals surface area contributed by atoms with Crippen molar-refractivity contribution in [2.75, 3.05) is 30.5 Å². The molecular weight excluding hydrogens is 596 g/mol. The zero-order valence-electron chi connectivity index (χ0n) is 28.0. The summed E-state index contributed by atoms with van der Waals surface area (Å²) >= 11 is 0. The fraction of sp³-hybridized carbons (Fsp3) is 0.472. The minimum absolute atomic E-state index is 0.0201. The van der Waals surface area contributed by atoms with Gasteiger partial charge in [-0.05, 0) is 94.3 Å². The van der Waals surface area contributed by atoms with Crippen LogP contribution in [-0.4, -0.2) is 65.8 Å². The molecule has 3 aromatic rings. The Morgan fingerprint density at radius 2 is 1.62 bits per heavy atom. The minimum atomic E-state index is -0.575. The lowest BCUT2D eigenvalue weighted by Crippen LogP contribution is -2.48. The monoisotopic (exact) mass is 642 g/mol. The molecule has 11 nitrogen and oxygen atoms in total. The van der Waals surface area contributed by atoms with E-state index in [1.165, 1.54) is 6.42 Å². The third-order valence-electron chi connectivity index (χ3n) is 8.56. The molecule has 2 heterocycles. The zero-order chi connectivity index (χ0) is 33.6. The molecule has 1 aliphatic heterocycles. The number of methoxy groups -OCH3 is 1. The number of hydrogen-bond donors (Lipinski definition) is 3. The fourth-order valence-corrected chi connectivity index (χ4v) is 6.45. The van der Waals surface area contributed by atoms with Crippen molar-refractivity contribution in [1.82, 2.24) is 20.6 Å². The van der Waals surface area contributed by atoms with Crippen molar-refractivity contribution in [2.24, 2.45) is 5.92 Å². The van der Waals surface area contributed by atoms with E-state index in [2.05, 4.69) is 20.9 Å². The Hall–Kier alpha value is -4.51. The average Bonchev–Trinajstić information content (AvgIpc) is 3.43. The molecule has 0 spiro atoms. The predicted molar refractivity (Wildman–Crippen MR) is 181 cm³/mol. The predicted octanol–water partition coefficient (Wildman–Crippen LogP) is 5.63. The number of aryl methyl sites for hydroxylation is 1. The van der Waals surface area contributed by atoms with Crippen molar-refractivity contribution in [2.45, 2.75) is 84.0 Å². The van der Waals surface area contributed by atoms with Gasteiger partial charge in [0.2, 0.25) is 11.9 Å². The number of nitrogens with one attached hydrogen (secondary N) is 3. The average molecular weight is 643 g/mol. The normalized spacial score (nSPS) is 19.1. The molecule has 1 aromatic heterocycles. The maximum atomic E-state index is 13.3. The van der Waals surface area contributed by atoms with E-state index in [0.29, 0.717) is 42.0 Å². The van der Waals surface area contributed by atoms with Gasteiger partial charge in [-0.1, -0.05) is 37.1 Å². The van der Waals surface area contributed by atoms with Gasteiger partial charge >= 0.3 is 6.09 Å². The third kappa shape index (κ3) is 8.85. The number of amides is 3. The van der Waals surface area contributed by atoms with Gasteiger partial charge in [0, 0.05) is 36.6 Å². The highest BCUT2D eigenvalue weighted by Crippen LogP contribution is 2.41. The number of nitrogens with zero attached hydrogens (tertiary/aromatic N) is 3. The van der Waals surface area contributed by atoms with Crippen molar-refractivity contribution in [1.29, 1.82) is 0 Å². The smallest absolute Gasteiger partial charge is 0.412 e. The van der Waals surface area contributed by atoms with Gasteiger partial charge in [0.05, 0.1) is 18.8 Å². The Balaban J connectivity index is 1.22. The molecule has 3 amide bonds. The van der Waals surface area contributed by atoms with E-state index in [1.54, 1.807) is 19.2 Å². The highest BCUT2D eigenvalue weighted by molar-refractivity contribution is 5.94. The Morgan fingerprint density at radius 1 is 0.936 bits per heavy atom. The molecule has 3 atom stereocenters. The van der Waals surface area contributed by atoms with Crippen LogP contribution in [0.15, 0.2) is 54.6 Å². The fourth-order valence-electron chi connectivity index (χ4n) is 6.45.